The molecule has 0 rings (SSSR count). The van der Waals surface area contributed by atoms with Gasteiger partial charge in [-0.3, -0.25) is 37.3 Å². The predicted octanol–water partition coefficient (Wildman–Crippen LogP) is 20.1. The molecule has 0 radical (unpaired) electrons. The second-order valence-electron chi connectivity index (χ2n) is 25.4. The molecule has 0 aromatic rings. The molecule has 90 heavy (non-hydrogen) atoms. The third-order valence-corrected chi connectivity index (χ3v) is 17.8. The number of esters is 4. The van der Waals surface area contributed by atoms with Crippen LogP contribution in [0.25, 0.3) is 0 Å². The summed E-state index contributed by atoms with van der Waals surface area (Å²) in [6, 6.07) is 0. The highest BCUT2D eigenvalue weighted by Crippen LogP contribution is 2.45. The van der Waals surface area contributed by atoms with Gasteiger partial charge in [-0.1, -0.05) is 290 Å². The third kappa shape index (κ3) is 64.3. The number of carbonyl (C=O) groups excluding carboxylic acids is 4. The molecule has 0 aliphatic heterocycles. The largest absolute Gasteiger partial charge is 0.472 e. The standard InChI is InChI=1S/C71H134O17P2/c1-6-9-12-15-18-21-23-25-27-29-31-34-40-45-50-55-69(74)82-61-66(87-70(75)56-51-46-41-35-32-30-28-26-24-22-19-16-13-10-7-2)62-85-89(77,78)83-58-65(72)59-84-90(79,80)86-63-67(60-81-68(73)54-49-44-39-33-20-17-14-11-8-3)88-71(76)57-52-47-42-37-36-38-43-48-53-64(4)5/h22,24,26,28,64-67,72H,6-21,23,25,27,29-63H2,1-5H3,(H,77,78)(H,79,80)/b24-22-,28-26-/t65-,66-,67-/m1/s1. The Morgan fingerprint density at radius 1 is 0.344 bits per heavy atom. The maximum atomic E-state index is 13.0. The Labute approximate surface area is 548 Å². The van der Waals surface area contributed by atoms with E-state index in [-0.39, 0.29) is 25.7 Å². The van der Waals surface area contributed by atoms with E-state index in [4.69, 9.17) is 37.0 Å². The van der Waals surface area contributed by atoms with Crippen molar-refractivity contribution in [2.24, 2.45) is 5.92 Å². The molecule has 5 atom stereocenters. The molecule has 0 saturated carbocycles. The van der Waals surface area contributed by atoms with Gasteiger partial charge < -0.3 is 33.8 Å². The van der Waals surface area contributed by atoms with Crippen molar-refractivity contribution in [3.63, 3.8) is 0 Å². The van der Waals surface area contributed by atoms with Crippen molar-refractivity contribution < 1.29 is 80.2 Å². The fraction of sp³-hybridized carbons (Fsp3) is 0.887. The number of hydrogen-bond acceptors (Lipinski definition) is 15. The van der Waals surface area contributed by atoms with Crippen LogP contribution >= 0.6 is 15.6 Å². The first kappa shape index (κ1) is 87.5. The molecule has 19 heteroatoms. The summed E-state index contributed by atoms with van der Waals surface area (Å²) in [5.74, 6) is -1.44. The van der Waals surface area contributed by atoms with E-state index in [0.29, 0.717) is 25.7 Å². The molecule has 0 fully saturated rings. The van der Waals surface area contributed by atoms with Gasteiger partial charge in [0.25, 0.3) is 0 Å². The van der Waals surface area contributed by atoms with Crippen molar-refractivity contribution in [3.8, 4) is 0 Å². The lowest BCUT2D eigenvalue weighted by Gasteiger charge is -2.21. The van der Waals surface area contributed by atoms with Crippen LogP contribution < -0.4 is 0 Å². The Kier molecular flexibility index (Phi) is 62.2. The van der Waals surface area contributed by atoms with Gasteiger partial charge in [0.15, 0.2) is 12.2 Å². The second kappa shape index (κ2) is 63.9. The third-order valence-electron chi connectivity index (χ3n) is 15.9. The van der Waals surface area contributed by atoms with Crippen molar-refractivity contribution in [2.45, 2.75) is 361 Å². The summed E-state index contributed by atoms with van der Waals surface area (Å²) < 4.78 is 68.2. The first-order valence-corrected chi connectivity index (χ1v) is 39.4. The molecule has 530 valence electrons. The van der Waals surface area contributed by atoms with E-state index in [0.717, 1.165) is 109 Å². The normalized spacial score (nSPS) is 14.2. The monoisotopic (exact) mass is 1320 g/mol. The van der Waals surface area contributed by atoms with Crippen molar-refractivity contribution in [1.82, 2.24) is 0 Å². The molecule has 2 unspecified atom stereocenters. The Bertz CT molecular complexity index is 1830. The van der Waals surface area contributed by atoms with Crippen LogP contribution in [-0.4, -0.2) is 96.7 Å². The first-order chi connectivity index (χ1) is 43.5. The zero-order chi connectivity index (χ0) is 66.3. The van der Waals surface area contributed by atoms with E-state index >= 15 is 0 Å². The molecule has 0 aliphatic rings. The lowest BCUT2D eigenvalue weighted by Crippen LogP contribution is -2.30. The number of hydrogen-bond donors (Lipinski definition) is 3. The molecule has 0 heterocycles. The van der Waals surface area contributed by atoms with Crippen molar-refractivity contribution in [1.29, 1.82) is 0 Å². The fourth-order valence-electron chi connectivity index (χ4n) is 10.3. The van der Waals surface area contributed by atoms with Gasteiger partial charge in [-0.2, -0.15) is 0 Å². The molecule has 3 N–H and O–H groups in total. The Morgan fingerprint density at radius 3 is 0.911 bits per heavy atom. The number of unbranched alkanes of at least 4 members (excludes halogenated alkanes) is 38. The van der Waals surface area contributed by atoms with Crippen LogP contribution in [0.5, 0.6) is 0 Å². The van der Waals surface area contributed by atoms with E-state index in [1.54, 1.807) is 0 Å². The van der Waals surface area contributed by atoms with E-state index < -0.39 is 97.5 Å². The molecule has 0 bridgehead atoms. The average Bonchev–Trinajstić information content (AvgIpc) is 3.03. The molecule has 0 spiro atoms. The van der Waals surface area contributed by atoms with E-state index in [2.05, 4.69) is 58.9 Å². The Balaban J connectivity index is 5.27. The van der Waals surface area contributed by atoms with Gasteiger partial charge >= 0.3 is 39.5 Å². The molecule has 0 aromatic carbocycles. The SMILES string of the molecule is CCCCCC/C=C\C=C/CCCCCCCC(=O)O[C@H](COC(=O)CCCCCCCCCCCCCCCCC)COP(=O)(O)OC[C@@H](O)COP(=O)(O)OC[C@@H](COC(=O)CCCCCCCCCCC)OC(=O)CCCCCCCCCCC(C)C. The number of phosphoric acid groups is 2. The minimum atomic E-state index is -4.96. The van der Waals surface area contributed by atoms with Crippen molar-refractivity contribution in [3.05, 3.63) is 24.3 Å². The Hall–Kier alpha value is -2.46. The van der Waals surface area contributed by atoms with Gasteiger partial charge in [0.1, 0.15) is 19.3 Å². The van der Waals surface area contributed by atoms with Gasteiger partial charge in [0.2, 0.25) is 0 Å². The summed E-state index contributed by atoms with van der Waals surface area (Å²) in [5, 5.41) is 10.6. The molecular weight excluding hydrogens is 1190 g/mol. The summed E-state index contributed by atoms with van der Waals surface area (Å²) in [6.45, 7) is 7.13. The van der Waals surface area contributed by atoms with E-state index in [1.807, 2.05) is 0 Å². The highest BCUT2D eigenvalue weighted by atomic mass is 31.2. The molecule has 0 amide bonds. The van der Waals surface area contributed by atoms with Crippen LogP contribution in [-0.2, 0) is 65.4 Å². The van der Waals surface area contributed by atoms with Crippen LogP contribution in [0.4, 0.5) is 0 Å². The average molecular weight is 1320 g/mol. The number of carbonyl (C=O) groups is 4. The minimum Gasteiger partial charge on any atom is -0.462 e. The number of aliphatic hydroxyl groups excluding tert-OH is 1. The Morgan fingerprint density at radius 2 is 0.600 bits per heavy atom. The summed E-state index contributed by atoms with van der Waals surface area (Å²) in [5.41, 5.74) is 0. The summed E-state index contributed by atoms with van der Waals surface area (Å²) in [6.07, 6.45) is 53.5. The van der Waals surface area contributed by atoms with Crippen LogP contribution in [0, 0.1) is 5.92 Å². The van der Waals surface area contributed by atoms with Gasteiger partial charge in [-0.05, 0) is 57.3 Å². The molecule has 0 aromatic heterocycles. The predicted molar refractivity (Wildman–Crippen MR) is 363 cm³/mol. The lowest BCUT2D eigenvalue weighted by atomic mass is 10.0. The van der Waals surface area contributed by atoms with Gasteiger partial charge in [-0.25, -0.2) is 9.13 Å². The zero-order valence-electron chi connectivity index (χ0n) is 57.8. The smallest absolute Gasteiger partial charge is 0.462 e. The van der Waals surface area contributed by atoms with Crippen LogP contribution in [0.3, 0.4) is 0 Å². The van der Waals surface area contributed by atoms with E-state index in [1.165, 1.54) is 154 Å². The van der Waals surface area contributed by atoms with Crippen LogP contribution in [0.1, 0.15) is 343 Å². The minimum absolute atomic E-state index is 0.0855. The first-order valence-electron chi connectivity index (χ1n) is 36.5. The van der Waals surface area contributed by atoms with Gasteiger partial charge in [0.05, 0.1) is 26.4 Å². The van der Waals surface area contributed by atoms with Crippen LogP contribution in [0.15, 0.2) is 24.3 Å². The highest BCUT2D eigenvalue weighted by molar-refractivity contribution is 7.47. The maximum Gasteiger partial charge on any atom is 0.472 e. The van der Waals surface area contributed by atoms with Crippen LogP contribution in [0.2, 0.25) is 0 Å². The topological polar surface area (TPSA) is 237 Å². The maximum absolute atomic E-state index is 13.0. The number of phosphoric ester groups is 2. The van der Waals surface area contributed by atoms with Gasteiger partial charge in [-0.15, -0.1) is 0 Å². The highest BCUT2D eigenvalue weighted by Gasteiger charge is 2.30. The van der Waals surface area contributed by atoms with E-state index in [9.17, 15) is 43.2 Å². The summed E-state index contributed by atoms with van der Waals surface area (Å²) in [7, 11) is -9.91. The number of ether oxygens (including phenoxy) is 4. The fourth-order valence-corrected chi connectivity index (χ4v) is 11.9. The zero-order valence-corrected chi connectivity index (χ0v) is 59.5. The molecule has 0 saturated heterocycles. The lowest BCUT2D eigenvalue weighted by molar-refractivity contribution is -0.161. The second-order valence-corrected chi connectivity index (χ2v) is 28.3. The summed E-state index contributed by atoms with van der Waals surface area (Å²) in [4.78, 5) is 72.5. The number of allylic oxidation sites excluding steroid dienone is 4. The van der Waals surface area contributed by atoms with Crippen molar-refractivity contribution in [2.75, 3.05) is 39.6 Å². The van der Waals surface area contributed by atoms with Gasteiger partial charge in [0, 0.05) is 25.7 Å². The van der Waals surface area contributed by atoms with Crippen molar-refractivity contribution >= 4 is 39.5 Å². The molecular formula is C71H134O17P2. The molecule has 0 aliphatic carbocycles. The quantitative estimate of drug-likeness (QED) is 0.0169. The summed E-state index contributed by atoms with van der Waals surface area (Å²) >= 11 is 0. The number of aliphatic hydroxyl groups is 1. The molecule has 17 nitrogen and oxygen atoms in total. The number of rotatable bonds is 69.